The fourth-order valence-corrected chi connectivity index (χ4v) is 2.92. The molecule has 1 aromatic heterocycles. The summed E-state index contributed by atoms with van der Waals surface area (Å²) in [5.74, 6) is 0. The molecule has 1 atom stereocenters. The summed E-state index contributed by atoms with van der Waals surface area (Å²) < 4.78 is 1.09. The fraction of sp³-hybridized carbons (Fsp3) is 0.231. The smallest absolute Gasteiger partial charge is 0.0410 e. The van der Waals surface area contributed by atoms with Crippen molar-refractivity contribution in [2.24, 2.45) is 0 Å². The van der Waals surface area contributed by atoms with Crippen molar-refractivity contribution < 1.29 is 0 Å². The van der Waals surface area contributed by atoms with Crippen LogP contribution in [-0.4, -0.2) is 0 Å². The molecule has 1 unspecified atom stereocenters. The summed E-state index contributed by atoms with van der Waals surface area (Å²) in [6, 6.07) is 8.35. The Balaban J connectivity index is 2.00. The van der Waals surface area contributed by atoms with E-state index in [1.807, 2.05) is 18.2 Å². The summed E-state index contributed by atoms with van der Waals surface area (Å²) in [4.78, 5) is 0. The fourth-order valence-electron chi connectivity index (χ4n) is 1.58. The lowest BCUT2D eigenvalue weighted by molar-refractivity contribution is 0.575. The van der Waals surface area contributed by atoms with E-state index in [2.05, 4.69) is 45.0 Å². The Kier molecular flexibility index (Phi) is 4.62. The van der Waals surface area contributed by atoms with Gasteiger partial charge in [0, 0.05) is 22.1 Å². The van der Waals surface area contributed by atoms with Gasteiger partial charge in [-0.1, -0.05) is 27.5 Å². The number of benzene rings is 1. The van der Waals surface area contributed by atoms with Crippen LogP contribution in [0.1, 0.15) is 24.1 Å². The zero-order valence-electron chi connectivity index (χ0n) is 9.41. The van der Waals surface area contributed by atoms with Gasteiger partial charge in [0.05, 0.1) is 0 Å². The van der Waals surface area contributed by atoms with Gasteiger partial charge in [-0.3, -0.25) is 0 Å². The standard InChI is InChI=1S/C13H13BrClNS/c1-9(10-4-5-17-8-10)16-7-11-6-12(15)2-3-13(11)14/h2-6,8-9,16H,7H2,1H3. The minimum atomic E-state index is 0.354. The molecular formula is C13H13BrClNS. The first-order chi connectivity index (χ1) is 8.16. The van der Waals surface area contributed by atoms with Crippen molar-refractivity contribution in [1.29, 1.82) is 0 Å². The Labute approximate surface area is 119 Å². The highest BCUT2D eigenvalue weighted by molar-refractivity contribution is 9.10. The van der Waals surface area contributed by atoms with Gasteiger partial charge in [0.15, 0.2) is 0 Å². The van der Waals surface area contributed by atoms with Crippen LogP contribution in [0.5, 0.6) is 0 Å². The van der Waals surface area contributed by atoms with E-state index in [0.29, 0.717) is 6.04 Å². The van der Waals surface area contributed by atoms with Crippen molar-refractivity contribution in [3.63, 3.8) is 0 Å². The lowest BCUT2D eigenvalue weighted by Crippen LogP contribution is -2.17. The lowest BCUT2D eigenvalue weighted by Gasteiger charge is -2.13. The van der Waals surface area contributed by atoms with Crippen LogP contribution >= 0.6 is 38.9 Å². The van der Waals surface area contributed by atoms with E-state index in [0.717, 1.165) is 16.0 Å². The summed E-state index contributed by atoms with van der Waals surface area (Å²) >= 11 is 11.2. The van der Waals surface area contributed by atoms with Crippen molar-refractivity contribution in [1.82, 2.24) is 5.32 Å². The van der Waals surface area contributed by atoms with Gasteiger partial charge in [-0.05, 0) is 53.1 Å². The molecule has 4 heteroatoms. The minimum Gasteiger partial charge on any atom is -0.306 e. The molecule has 0 radical (unpaired) electrons. The van der Waals surface area contributed by atoms with Gasteiger partial charge in [-0.25, -0.2) is 0 Å². The summed E-state index contributed by atoms with van der Waals surface area (Å²) in [6.07, 6.45) is 0. The second-order valence-electron chi connectivity index (χ2n) is 3.90. The Hall–Kier alpha value is -0.350. The maximum absolute atomic E-state index is 5.98. The van der Waals surface area contributed by atoms with E-state index in [4.69, 9.17) is 11.6 Å². The van der Waals surface area contributed by atoms with Gasteiger partial charge in [0.2, 0.25) is 0 Å². The predicted molar refractivity (Wildman–Crippen MR) is 78.7 cm³/mol. The molecule has 1 nitrogen and oxygen atoms in total. The quantitative estimate of drug-likeness (QED) is 0.830. The van der Waals surface area contributed by atoms with Crippen molar-refractivity contribution in [3.8, 4) is 0 Å². The Bertz CT molecular complexity index is 484. The molecule has 1 N–H and O–H groups in total. The number of nitrogens with one attached hydrogen (secondary N) is 1. The van der Waals surface area contributed by atoms with Crippen molar-refractivity contribution in [3.05, 3.63) is 55.6 Å². The average Bonchev–Trinajstić information content (AvgIpc) is 2.83. The molecule has 0 saturated carbocycles. The second-order valence-corrected chi connectivity index (χ2v) is 5.97. The number of rotatable bonds is 4. The molecular weight excluding hydrogens is 318 g/mol. The van der Waals surface area contributed by atoms with Crippen molar-refractivity contribution in [2.45, 2.75) is 19.5 Å². The highest BCUT2D eigenvalue weighted by Gasteiger charge is 2.06. The molecule has 0 aliphatic carbocycles. The maximum atomic E-state index is 5.98. The Morgan fingerprint density at radius 3 is 2.94 bits per heavy atom. The first-order valence-corrected chi connectivity index (χ1v) is 7.47. The van der Waals surface area contributed by atoms with Gasteiger partial charge >= 0.3 is 0 Å². The first kappa shape index (κ1) is 13.1. The van der Waals surface area contributed by atoms with Gasteiger partial charge in [-0.2, -0.15) is 11.3 Å². The summed E-state index contributed by atoms with van der Waals surface area (Å²) in [5.41, 5.74) is 2.51. The minimum absolute atomic E-state index is 0.354. The van der Waals surface area contributed by atoms with E-state index < -0.39 is 0 Å². The topological polar surface area (TPSA) is 12.0 Å². The van der Waals surface area contributed by atoms with Crippen molar-refractivity contribution in [2.75, 3.05) is 0 Å². The number of hydrogen-bond acceptors (Lipinski definition) is 2. The number of halogens is 2. The van der Waals surface area contributed by atoms with E-state index in [1.165, 1.54) is 11.1 Å². The molecule has 0 spiro atoms. The lowest BCUT2D eigenvalue weighted by atomic mass is 10.1. The van der Waals surface area contributed by atoms with E-state index in [-0.39, 0.29) is 0 Å². The predicted octanol–water partition coefficient (Wildman–Crippen LogP) is 5.01. The molecule has 90 valence electrons. The molecule has 2 aromatic rings. The average molecular weight is 331 g/mol. The summed E-state index contributed by atoms with van der Waals surface area (Å²) in [7, 11) is 0. The Morgan fingerprint density at radius 1 is 1.41 bits per heavy atom. The zero-order chi connectivity index (χ0) is 12.3. The molecule has 2 rings (SSSR count). The summed E-state index contributed by atoms with van der Waals surface area (Å²) in [5, 5.41) is 8.53. The zero-order valence-corrected chi connectivity index (χ0v) is 12.6. The van der Waals surface area contributed by atoms with Crippen LogP contribution in [0, 0.1) is 0 Å². The van der Waals surface area contributed by atoms with Gasteiger partial charge in [0.1, 0.15) is 0 Å². The van der Waals surface area contributed by atoms with Crippen LogP contribution in [-0.2, 0) is 6.54 Å². The second kappa shape index (κ2) is 6.01. The number of hydrogen-bond donors (Lipinski definition) is 1. The van der Waals surface area contributed by atoms with Crippen molar-refractivity contribution >= 4 is 38.9 Å². The van der Waals surface area contributed by atoms with Crippen LogP contribution in [0.3, 0.4) is 0 Å². The van der Waals surface area contributed by atoms with E-state index >= 15 is 0 Å². The summed E-state index contributed by atoms with van der Waals surface area (Å²) in [6.45, 7) is 2.97. The third-order valence-corrected chi connectivity index (χ3v) is 4.36. The van der Waals surface area contributed by atoms with Crippen LogP contribution in [0.15, 0.2) is 39.5 Å². The molecule has 1 heterocycles. The molecule has 0 amide bonds. The molecule has 17 heavy (non-hydrogen) atoms. The third kappa shape index (κ3) is 3.55. The normalized spacial score (nSPS) is 12.6. The maximum Gasteiger partial charge on any atom is 0.0410 e. The van der Waals surface area contributed by atoms with Crippen LogP contribution in [0.25, 0.3) is 0 Å². The molecule has 0 aliphatic rings. The first-order valence-electron chi connectivity index (χ1n) is 5.36. The molecule has 0 saturated heterocycles. The molecule has 0 fully saturated rings. The third-order valence-electron chi connectivity index (χ3n) is 2.65. The highest BCUT2D eigenvalue weighted by atomic mass is 79.9. The van der Waals surface area contributed by atoms with Crippen LogP contribution in [0.2, 0.25) is 5.02 Å². The Morgan fingerprint density at radius 2 is 2.24 bits per heavy atom. The van der Waals surface area contributed by atoms with E-state index in [1.54, 1.807) is 11.3 Å². The number of thiophene rings is 1. The van der Waals surface area contributed by atoms with Crippen LogP contribution < -0.4 is 5.32 Å². The van der Waals surface area contributed by atoms with E-state index in [9.17, 15) is 0 Å². The van der Waals surface area contributed by atoms with Gasteiger partial charge in [-0.15, -0.1) is 0 Å². The molecule has 0 aliphatic heterocycles. The van der Waals surface area contributed by atoms with Gasteiger partial charge < -0.3 is 5.32 Å². The highest BCUT2D eigenvalue weighted by Crippen LogP contribution is 2.22. The monoisotopic (exact) mass is 329 g/mol. The SMILES string of the molecule is CC(NCc1cc(Cl)ccc1Br)c1ccsc1. The van der Waals surface area contributed by atoms with Crippen LogP contribution in [0.4, 0.5) is 0 Å². The molecule has 1 aromatic carbocycles. The largest absolute Gasteiger partial charge is 0.306 e. The molecule has 0 bridgehead atoms. The van der Waals surface area contributed by atoms with Gasteiger partial charge in [0.25, 0.3) is 0 Å².